The monoisotopic (exact) mass is 435 g/mol. The maximum absolute atomic E-state index is 14.8. The van der Waals surface area contributed by atoms with Crippen LogP contribution in [0.4, 0.5) is 10.2 Å². The lowest BCUT2D eigenvalue weighted by molar-refractivity contribution is -0.131. The number of carbonyl (C=O) groups is 1. The molecule has 8 heteroatoms. The third-order valence-corrected chi connectivity index (χ3v) is 7.00. The van der Waals surface area contributed by atoms with E-state index in [0.29, 0.717) is 24.2 Å². The van der Waals surface area contributed by atoms with E-state index in [9.17, 15) is 9.18 Å². The van der Waals surface area contributed by atoms with Crippen LogP contribution in [0.1, 0.15) is 36.8 Å². The summed E-state index contributed by atoms with van der Waals surface area (Å²) >= 11 is 0. The number of benzene rings is 1. The van der Waals surface area contributed by atoms with Gasteiger partial charge in [0.05, 0.1) is 19.2 Å². The zero-order chi connectivity index (χ0) is 22.3. The summed E-state index contributed by atoms with van der Waals surface area (Å²) in [6.45, 7) is 1.49. The molecule has 1 saturated carbocycles. The molecule has 166 valence electrons. The molecule has 0 spiro atoms. The second kappa shape index (κ2) is 8.06. The Kier molecular flexibility index (Phi) is 5.22. The minimum atomic E-state index is -0.485. The van der Waals surface area contributed by atoms with Crippen LogP contribution in [0, 0.1) is 17.1 Å². The maximum atomic E-state index is 14.8. The number of anilines is 1. The van der Waals surface area contributed by atoms with Crippen molar-refractivity contribution in [3.63, 3.8) is 0 Å². The molecule has 2 aliphatic heterocycles. The number of pyridine rings is 1. The summed E-state index contributed by atoms with van der Waals surface area (Å²) in [5.74, 6) is 0.788. The Labute approximate surface area is 186 Å². The van der Waals surface area contributed by atoms with Gasteiger partial charge in [0.1, 0.15) is 11.9 Å². The van der Waals surface area contributed by atoms with Crippen molar-refractivity contribution >= 4 is 11.7 Å². The largest absolute Gasteiger partial charge is 0.494 e. The molecule has 3 heterocycles. The van der Waals surface area contributed by atoms with E-state index in [2.05, 4.69) is 21.3 Å². The van der Waals surface area contributed by atoms with Gasteiger partial charge < -0.3 is 14.5 Å². The molecule has 1 N–H and O–H groups in total. The molecule has 2 unspecified atom stereocenters. The van der Waals surface area contributed by atoms with Crippen molar-refractivity contribution < 1.29 is 13.9 Å². The highest BCUT2D eigenvalue weighted by atomic mass is 19.1. The van der Waals surface area contributed by atoms with Gasteiger partial charge in [-0.3, -0.25) is 10.1 Å². The predicted octanol–water partition coefficient (Wildman–Crippen LogP) is 2.56. The topological polar surface area (TPSA) is 81.5 Å². The van der Waals surface area contributed by atoms with E-state index in [-0.39, 0.29) is 36.1 Å². The predicted molar refractivity (Wildman–Crippen MR) is 117 cm³/mol. The normalized spacial score (nSPS) is 23.0. The van der Waals surface area contributed by atoms with Gasteiger partial charge in [0, 0.05) is 42.5 Å². The van der Waals surface area contributed by atoms with Crippen LogP contribution in [-0.4, -0.2) is 54.6 Å². The third kappa shape index (κ3) is 3.56. The number of likely N-dealkylation sites (tertiary alicyclic amines) is 1. The molecule has 1 aromatic heterocycles. The first-order valence-electron chi connectivity index (χ1n) is 11.0. The first-order valence-corrected chi connectivity index (χ1v) is 11.0. The Bertz CT molecular complexity index is 1050. The average molecular weight is 436 g/mol. The average Bonchev–Trinajstić information content (AvgIpc) is 3.56. The van der Waals surface area contributed by atoms with E-state index in [1.807, 2.05) is 11.0 Å². The minimum absolute atomic E-state index is 0.0453. The molecule has 3 aliphatic rings. The Hall–Kier alpha value is -3.18. The number of carbonyl (C=O) groups excluding carboxylic acids is 1. The lowest BCUT2D eigenvalue weighted by atomic mass is 10.0. The van der Waals surface area contributed by atoms with Crippen molar-refractivity contribution in [3.8, 4) is 11.8 Å². The molecule has 5 rings (SSSR count). The summed E-state index contributed by atoms with van der Waals surface area (Å²) < 4.78 is 19.9. The molecule has 7 nitrogen and oxygen atoms in total. The van der Waals surface area contributed by atoms with E-state index in [0.717, 1.165) is 31.5 Å². The highest BCUT2D eigenvalue weighted by Gasteiger charge is 2.47. The zero-order valence-corrected chi connectivity index (χ0v) is 18.1. The van der Waals surface area contributed by atoms with Gasteiger partial charge in [-0.25, -0.2) is 9.37 Å². The molecular formula is C24H26FN5O2. The van der Waals surface area contributed by atoms with Crippen molar-refractivity contribution in [1.82, 2.24) is 15.2 Å². The summed E-state index contributed by atoms with van der Waals surface area (Å²) in [4.78, 5) is 21.7. The van der Waals surface area contributed by atoms with E-state index >= 15 is 0 Å². The van der Waals surface area contributed by atoms with E-state index in [1.165, 1.54) is 7.11 Å². The van der Waals surface area contributed by atoms with Crippen molar-refractivity contribution in [2.75, 3.05) is 31.6 Å². The molecular weight excluding hydrogens is 409 g/mol. The third-order valence-electron chi connectivity index (χ3n) is 7.00. The van der Waals surface area contributed by atoms with Crippen molar-refractivity contribution in [2.24, 2.45) is 0 Å². The number of hydrogen-bond donors (Lipinski definition) is 1. The van der Waals surface area contributed by atoms with Gasteiger partial charge in [0.15, 0.2) is 11.6 Å². The highest BCUT2D eigenvalue weighted by Crippen LogP contribution is 2.47. The van der Waals surface area contributed by atoms with E-state index < -0.39 is 5.54 Å². The van der Waals surface area contributed by atoms with Crippen LogP contribution < -0.4 is 15.0 Å². The summed E-state index contributed by atoms with van der Waals surface area (Å²) in [5.41, 5.74) is 0.630. The number of fused-ring (bicyclic) bond motifs is 2. The van der Waals surface area contributed by atoms with Gasteiger partial charge in [0.2, 0.25) is 5.91 Å². The van der Waals surface area contributed by atoms with Crippen LogP contribution >= 0.6 is 0 Å². The second-order valence-corrected chi connectivity index (χ2v) is 8.87. The number of methoxy groups -OCH3 is 1. The number of aromatic nitrogens is 1. The number of rotatable bonds is 6. The van der Waals surface area contributed by atoms with Crippen LogP contribution in [0.15, 0.2) is 36.5 Å². The number of nitrogens with one attached hydrogen (secondary N) is 1. The molecule has 1 aliphatic carbocycles. The highest BCUT2D eigenvalue weighted by molar-refractivity contribution is 5.79. The van der Waals surface area contributed by atoms with Gasteiger partial charge >= 0.3 is 0 Å². The van der Waals surface area contributed by atoms with Crippen molar-refractivity contribution in [1.29, 1.82) is 5.26 Å². The fourth-order valence-corrected chi connectivity index (χ4v) is 5.15. The van der Waals surface area contributed by atoms with Crippen LogP contribution in [0.2, 0.25) is 0 Å². The number of nitrogens with zero attached hydrogens (tertiary/aromatic N) is 4. The number of amides is 1. The Morgan fingerprint density at radius 2 is 2.03 bits per heavy atom. The SMILES string of the molecule is COc1cccc(C2(NCC(=O)N3CC4CCC(C3)N4c3ccc(C#N)cn3)CC2)c1F. The molecule has 2 saturated heterocycles. The molecule has 2 atom stereocenters. The zero-order valence-electron chi connectivity index (χ0n) is 18.1. The van der Waals surface area contributed by atoms with Crippen LogP contribution in [0.3, 0.4) is 0 Å². The molecule has 0 radical (unpaired) electrons. The Morgan fingerprint density at radius 3 is 2.62 bits per heavy atom. The summed E-state index contributed by atoms with van der Waals surface area (Å²) in [6.07, 6.45) is 5.23. The summed E-state index contributed by atoms with van der Waals surface area (Å²) in [5, 5.41) is 12.3. The van der Waals surface area contributed by atoms with Gasteiger partial charge in [-0.05, 0) is 43.9 Å². The number of ether oxygens (including phenoxy) is 1. The molecule has 1 aromatic carbocycles. The molecule has 1 amide bonds. The van der Waals surface area contributed by atoms with Gasteiger partial charge in [-0.1, -0.05) is 12.1 Å². The van der Waals surface area contributed by atoms with E-state index in [4.69, 9.17) is 10.00 Å². The number of piperazine rings is 1. The molecule has 2 aromatic rings. The first-order chi connectivity index (χ1) is 15.5. The van der Waals surface area contributed by atoms with Crippen molar-refractivity contribution in [2.45, 2.75) is 43.3 Å². The van der Waals surface area contributed by atoms with E-state index in [1.54, 1.807) is 30.5 Å². The lowest BCUT2D eigenvalue weighted by Crippen LogP contribution is -2.57. The standard InChI is InChI=1S/C24H26FN5O2/c1-32-20-4-2-3-19(23(20)25)24(9-10-24)28-13-22(31)29-14-17-6-7-18(15-29)30(17)21-8-5-16(11-26)12-27-21/h2-5,8,12,17-18,28H,6-7,9-10,13-15H2,1H3. The Morgan fingerprint density at radius 1 is 1.28 bits per heavy atom. The maximum Gasteiger partial charge on any atom is 0.236 e. The minimum Gasteiger partial charge on any atom is -0.494 e. The van der Waals surface area contributed by atoms with Gasteiger partial charge in [-0.2, -0.15) is 5.26 Å². The fraction of sp³-hybridized carbons (Fsp3) is 0.458. The molecule has 2 bridgehead atoms. The smallest absolute Gasteiger partial charge is 0.236 e. The molecule has 3 fully saturated rings. The van der Waals surface area contributed by atoms with Crippen LogP contribution in [0.25, 0.3) is 0 Å². The van der Waals surface area contributed by atoms with Gasteiger partial charge in [0.25, 0.3) is 0 Å². The summed E-state index contributed by atoms with van der Waals surface area (Å²) in [6, 6.07) is 11.4. The van der Waals surface area contributed by atoms with Crippen LogP contribution in [0.5, 0.6) is 5.75 Å². The van der Waals surface area contributed by atoms with Crippen LogP contribution in [-0.2, 0) is 10.3 Å². The lowest BCUT2D eigenvalue weighted by Gasteiger charge is -2.42. The Balaban J connectivity index is 1.23. The quantitative estimate of drug-likeness (QED) is 0.751. The fourth-order valence-electron chi connectivity index (χ4n) is 5.15. The number of nitriles is 1. The number of hydrogen-bond acceptors (Lipinski definition) is 6. The summed E-state index contributed by atoms with van der Waals surface area (Å²) in [7, 11) is 1.46. The van der Waals surface area contributed by atoms with Gasteiger partial charge in [-0.15, -0.1) is 0 Å². The molecule has 32 heavy (non-hydrogen) atoms. The second-order valence-electron chi connectivity index (χ2n) is 8.87. The van der Waals surface area contributed by atoms with Crippen molar-refractivity contribution in [3.05, 3.63) is 53.5 Å². The first kappa shape index (κ1) is 20.7. The number of halogens is 1.